The van der Waals surface area contributed by atoms with Gasteiger partial charge in [-0.25, -0.2) is 13.1 Å². The van der Waals surface area contributed by atoms with Crippen LogP contribution in [0.1, 0.15) is 58.3 Å². The molecule has 6 nitrogen and oxygen atoms in total. The second-order valence-electron chi connectivity index (χ2n) is 6.36. The Morgan fingerprint density at radius 2 is 1.40 bits per heavy atom. The number of rotatable bonds is 19. The van der Waals surface area contributed by atoms with Gasteiger partial charge in [0.2, 0.25) is 10.0 Å². The van der Waals surface area contributed by atoms with E-state index in [2.05, 4.69) is 34.4 Å². The van der Waals surface area contributed by atoms with Crippen LogP contribution in [0, 0.1) is 0 Å². The minimum Gasteiger partial charge on any atom is -0.330 e. The van der Waals surface area contributed by atoms with Crippen LogP contribution in [0.4, 0.5) is 0 Å². The lowest BCUT2D eigenvalue weighted by atomic mass is 10.1. The molecule has 0 atom stereocenters. The molecule has 0 saturated heterocycles. The third-order valence-corrected chi connectivity index (χ3v) is 5.34. The average molecular weight is 377 g/mol. The fourth-order valence-corrected chi connectivity index (χ4v) is 3.53. The zero-order valence-electron chi connectivity index (χ0n) is 16.1. The van der Waals surface area contributed by atoms with Crippen molar-refractivity contribution < 1.29 is 8.42 Å². The lowest BCUT2D eigenvalue weighted by molar-refractivity contribution is 0.566. The fraction of sp³-hybridized carbons (Fsp3) is 0.889. The Balaban J connectivity index is 3.40. The van der Waals surface area contributed by atoms with Gasteiger partial charge in [0.25, 0.3) is 0 Å². The van der Waals surface area contributed by atoms with Crippen molar-refractivity contribution in [2.75, 3.05) is 45.0 Å². The van der Waals surface area contributed by atoms with E-state index in [9.17, 15) is 8.42 Å². The largest absolute Gasteiger partial charge is 0.330 e. The van der Waals surface area contributed by atoms with E-state index in [0.717, 1.165) is 64.8 Å². The van der Waals surface area contributed by atoms with Crippen LogP contribution in [-0.2, 0) is 10.0 Å². The van der Waals surface area contributed by atoms with E-state index in [4.69, 9.17) is 5.73 Å². The van der Waals surface area contributed by atoms with E-state index >= 15 is 0 Å². The van der Waals surface area contributed by atoms with Crippen molar-refractivity contribution in [3.05, 3.63) is 12.2 Å². The molecule has 0 spiro atoms. The molecular weight excluding hydrogens is 336 g/mol. The number of nitrogens with one attached hydrogen (secondary N) is 3. The monoisotopic (exact) mass is 376 g/mol. The highest BCUT2D eigenvalue weighted by atomic mass is 32.2. The van der Waals surface area contributed by atoms with Gasteiger partial charge in [0, 0.05) is 19.6 Å². The predicted molar refractivity (Wildman–Crippen MR) is 108 cm³/mol. The van der Waals surface area contributed by atoms with Crippen molar-refractivity contribution in [3.63, 3.8) is 0 Å². The molecule has 0 aromatic heterocycles. The third kappa shape index (κ3) is 19.7. The Kier molecular flexibility index (Phi) is 18.0. The van der Waals surface area contributed by atoms with E-state index < -0.39 is 10.0 Å². The molecule has 0 fully saturated rings. The van der Waals surface area contributed by atoms with Crippen LogP contribution in [-0.4, -0.2) is 53.4 Å². The maximum atomic E-state index is 11.8. The minimum absolute atomic E-state index is 0.256. The smallest absolute Gasteiger partial charge is 0.211 e. The standard InChI is InChI=1S/C18H40N4O2S/c1-2-3-4-5-6-9-18-25(23,24)22-17-11-16-21-14-8-7-13-20-15-10-12-19/h7-8,20-22H,2-6,9-19H2,1H3. The van der Waals surface area contributed by atoms with Gasteiger partial charge in [-0.05, 0) is 38.9 Å². The van der Waals surface area contributed by atoms with E-state index in [0.29, 0.717) is 6.54 Å². The van der Waals surface area contributed by atoms with Crippen molar-refractivity contribution in [2.45, 2.75) is 58.3 Å². The Morgan fingerprint density at radius 1 is 0.800 bits per heavy atom. The topological polar surface area (TPSA) is 96.2 Å². The summed E-state index contributed by atoms with van der Waals surface area (Å²) >= 11 is 0. The van der Waals surface area contributed by atoms with Crippen molar-refractivity contribution in [1.29, 1.82) is 0 Å². The van der Waals surface area contributed by atoms with Crippen LogP contribution in [0.15, 0.2) is 12.2 Å². The first kappa shape index (κ1) is 24.5. The molecule has 0 saturated carbocycles. The fourth-order valence-electron chi connectivity index (χ4n) is 2.35. The lowest BCUT2D eigenvalue weighted by Crippen LogP contribution is -2.29. The molecule has 25 heavy (non-hydrogen) atoms. The van der Waals surface area contributed by atoms with Gasteiger partial charge in [-0.3, -0.25) is 0 Å². The summed E-state index contributed by atoms with van der Waals surface area (Å²) in [5.74, 6) is 0.256. The molecule has 7 heteroatoms. The third-order valence-electron chi connectivity index (χ3n) is 3.87. The van der Waals surface area contributed by atoms with Gasteiger partial charge in [0.1, 0.15) is 0 Å². The first-order valence-electron chi connectivity index (χ1n) is 9.86. The molecule has 0 aromatic carbocycles. The molecule has 5 N–H and O–H groups in total. The van der Waals surface area contributed by atoms with Gasteiger partial charge in [0.15, 0.2) is 0 Å². The van der Waals surface area contributed by atoms with E-state index in [1.54, 1.807) is 0 Å². The lowest BCUT2D eigenvalue weighted by Gasteiger charge is -2.07. The Bertz CT molecular complexity index is 400. The molecular formula is C18H40N4O2S. The SMILES string of the molecule is CCCCCCCCS(=O)(=O)NCCCNCC=CCNCCCN. The molecule has 0 unspecified atom stereocenters. The summed E-state index contributed by atoms with van der Waals surface area (Å²) in [5, 5.41) is 6.55. The molecule has 150 valence electrons. The Labute approximate surface area is 155 Å². The molecule has 0 aliphatic carbocycles. The summed E-state index contributed by atoms with van der Waals surface area (Å²) < 4.78 is 26.4. The zero-order chi connectivity index (χ0) is 18.6. The van der Waals surface area contributed by atoms with Crippen LogP contribution in [0.2, 0.25) is 0 Å². The summed E-state index contributed by atoms with van der Waals surface area (Å²) in [7, 11) is -3.10. The second kappa shape index (κ2) is 18.3. The molecule has 0 aliphatic rings. The van der Waals surface area contributed by atoms with Gasteiger partial charge in [0.05, 0.1) is 5.75 Å². The van der Waals surface area contributed by atoms with Crippen LogP contribution >= 0.6 is 0 Å². The second-order valence-corrected chi connectivity index (χ2v) is 8.28. The molecule has 0 amide bonds. The Morgan fingerprint density at radius 3 is 2.04 bits per heavy atom. The first-order valence-corrected chi connectivity index (χ1v) is 11.5. The van der Waals surface area contributed by atoms with Crippen molar-refractivity contribution in [3.8, 4) is 0 Å². The Hall–Kier alpha value is -0.470. The minimum atomic E-state index is -3.10. The van der Waals surface area contributed by atoms with Crippen LogP contribution < -0.4 is 21.1 Å². The number of nitrogens with two attached hydrogens (primary N) is 1. The van der Waals surface area contributed by atoms with E-state index in [-0.39, 0.29) is 5.75 Å². The van der Waals surface area contributed by atoms with Gasteiger partial charge in [-0.2, -0.15) is 0 Å². The zero-order valence-corrected chi connectivity index (χ0v) is 16.9. The number of sulfonamides is 1. The highest BCUT2D eigenvalue weighted by Crippen LogP contribution is 2.05. The number of hydrogen-bond acceptors (Lipinski definition) is 5. The highest BCUT2D eigenvalue weighted by Gasteiger charge is 2.08. The van der Waals surface area contributed by atoms with Crippen molar-refractivity contribution in [1.82, 2.24) is 15.4 Å². The number of unbranched alkanes of at least 4 members (excludes halogenated alkanes) is 5. The molecule has 0 radical (unpaired) electrons. The summed E-state index contributed by atoms with van der Waals surface area (Å²) in [5.41, 5.74) is 5.41. The summed E-state index contributed by atoms with van der Waals surface area (Å²) in [6.45, 7) is 6.85. The van der Waals surface area contributed by atoms with Gasteiger partial charge in [-0.1, -0.05) is 51.2 Å². The average Bonchev–Trinajstić information content (AvgIpc) is 2.59. The summed E-state index contributed by atoms with van der Waals surface area (Å²) in [4.78, 5) is 0. The van der Waals surface area contributed by atoms with E-state index in [1.165, 1.54) is 19.3 Å². The molecule has 0 bridgehead atoms. The van der Waals surface area contributed by atoms with Crippen LogP contribution in [0.5, 0.6) is 0 Å². The van der Waals surface area contributed by atoms with Crippen molar-refractivity contribution >= 4 is 10.0 Å². The van der Waals surface area contributed by atoms with Crippen LogP contribution in [0.25, 0.3) is 0 Å². The molecule has 0 aromatic rings. The highest BCUT2D eigenvalue weighted by molar-refractivity contribution is 7.89. The van der Waals surface area contributed by atoms with Crippen LogP contribution in [0.3, 0.4) is 0 Å². The summed E-state index contributed by atoms with van der Waals surface area (Å²) in [6, 6.07) is 0. The molecule has 0 rings (SSSR count). The number of hydrogen-bond donors (Lipinski definition) is 4. The molecule has 0 heterocycles. The van der Waals surface area contributed by atoms with E-state index in [1.807, 2.05) is 0 Å². The van der Waals surface area contributed by atoms with Gasteiger partial charge >= 0.3 is 0 Å². The predicted octanol–water partition coefficient (Wildman–Crippen LogP) is 1.74. The maximum absolute atomic E-state index is 11.8. The quantitative estimate of drug-likeness (QED) is 0.203. The van der Waals surface area contributed by atoms with Gasteiger partial charge < -0.3 is 16.4 Å². The first-order chi connectivity index (χ1) is 12.1. The van der Waals surface area contributed by atoms with Gasteiger partial charge in [-0.15, -0.1) is 0 Å². The maximum Gasteiger partial charge on any atom is 0.211 e. The van der Waals surface area contributed by atoms with Crippen molar-refractivity contribution in [2.24, 2.45) is 5.73 Å². The normalized spacial score (nSPS) is 12.2. The molecule has 0 aliphatic heterocycles. The summed E-state index contributed by atoms with van der Waals surface area (Å²) in [6.07, 6.45) is 12.6.